The second kappa shape index (κ2) is 5.73. The second-order valence-corrected chi connectivity index (χ2v) is 5.11. The number of nitrogens with two attached hydrogens (primary N) is 1. The summed E-state index contributed by atoms with van der Waals surface area (Å²) in [6.07, 6.45) is 1.36. The van der Waals surface area contributed by atoms with Crippen molar-refractivity contribution in [2.24, 2.45) is 0 Å². The molecule has 0 saturated carbocycles. The van der Waals surface area contributed by atoms with E-state index >= 15 is 0 Å². The lowest BCUT2D eigenvalue weighted by Crippen LogP contribution is -2.40. The molecule has 5 nitrogen and oxygen atoms in total. The third-order valence-electron chi connectivity index (χ3n) is 2.93. The van der Waals surface area contributed by atoms with Gasteiger partial charge in [0.25, 0.3) is 5.56 Å². The Hall–Kier alpha value is -1.72. The lowest BCUT2D eigenvalue weighted by molar-refractivity contribution is 0.603. The second-order valence-electron chi connectivity index (χ2n) is 4.29. The van der Waals surface area contributed by atoms with Crippen LogP contribution in [-0.4, -0.2) is 9.13 Å². The maximum Gasteiger partial charge on any atom is 0.331 e. The number of rotatable bonds is 3. The topological polar surface area (TPSA) is 70.0 Å². The van der Waals surface area contributed by atoms with E-state index in [0.29, 0.717) is 22.2 Å². The Balaban J connectivity index is 2.53. The number of nitrogen functional groups attached to an aromatic ring is 1. The minimum absolute atomic E-state index is 0.0338. The summed E-state index contributed by atoms with van der Waals surface area (Å²) in [7, 11) is 0. The first-order valence-electron chi connectivity index (χ1n) is 5.97. The van der Waals surface area contributed by atoms with Crippen LogP contribution in [0.2, 0.25) is 10.0 Å². The number of nitrogens with zero attached hydrogens (tertiary/aromatic N) is 2. The molecule has 20 heavy (non-hydrogen) atoms. The highest BCUT2D eigenvalue weighted by Gasteiger charge is 2.10. The Morgan fingerprint density at radius 1 is 1.20 bits per heavy atom. The van der Waals surface area contributed by atoms with E-state index in [1.807, 2.05) is 0 Å². The fraction of sp³-hybridized carbons (Fsp3) is 0.231. The molecule has 0 fully saturated rings. The molecular weight excluding hydrogens is 301 g/mol. The molecule has 1 aromatic carbocycles. The van der Waals surface area contributed by atoms with Crippen molar-refractivity contribution in [3.8, 4) is 0 Å². The predicted octanol–water partition coefficient (Wildman–Crippen LogP) is 1.97. The highest BCUT2D eigenvalue weighted by Crippen LogP contribution is 2.22. The molecule has 7 heteroatoms. The van der Waals surface area contributed by atoms with Gasteiger partial charge in [-0.2, -0.15) is 0 Å². The van der Waals surface area contributed by atoms with Crippen LogP contribution in [0, 0.1) is 0 Å². The molecule has 2 aromatic rings. The largest absolute Gasteiger partial charge is 0.393 e. The van der Waals surface area contributed by atoms with Gasteiger partial charge in [0.05, 0.1) is 16.6 Å². The number of anilines is 1. The first kappa shape index (κ1) is 14.7. The molecule has 0 atom stereocenters. The summed E-state index contributed by atoms with van der Waals surface area (Å²) in [5, 5.41) is 0.790. The smallest absolute Gasteiger partial charge is 0.331 e. The Kier molecular flexibility index (Phi) is 4.20. The van der Waals surface area contributed by atoms with Gasteiger partial charge in [0.2, 0.25) is 0 Å². The maximum absolute atomic E-state index is 12.1. The van der Waals surface area contributed by atoms with Gasteiger partial charge in [0, 0.05) is 12.7 Å². The number of benzene rings is 1. The number of halogens is 2. The van der Waals surface area contributed by atoms with Crippen LogP contribution in [0.25, 0.3) is 0 Å². The molecule has 2 rings (SSSR count). The summed E-state index contributed by atoms with van der Waals surface area (Å²) >= 11 is 11.8. The van der Waals surface area contributed by atoms with Crippen molar-refractivity contribution >= 4 is 28.9 Å². The van der Waals surface area contributed by atoms with Crippen molar-refractivity contribution in [3.05, 3.63) is 60.8 Å². The van der Waals surface area contributed by atoms with Crippen LogP contribution < -0.4 is 17.0 Å². The summed E-state index contributed by atoms with van der Waals surface area (Å²) in [5.41, 5.74) is 5.45. The normalized spacial score (nSPS) is 10.8. The van der Waals surface area contributed by atoms with Gasteiger partial charge in [-0.05, 0) is 24.6 Å². The van der Waals surface area contributed by atoms with Crippen LogP contribution in [0.5, 0.6) is 0 Å². The lowest BCUT2D eigenvalue weighted by Gasteiger charge is -2.10. The first-order valence-corrected chi connectivity index (χ1v) is 6.73. The van der Waals surface area contributed by atoms with E-state index in [-0.39, 0.29) is 12.2 Å². The standard InChI is InChI=1S/C13H13Cl2N3O2/c1-2-17-7-11(16)12(19)18(13(17)20)6-8-3-4-9(14)10(15)5-8/h3-5,7H,2,6,16H2,1H3. The number of hydrogen-bond acceptors (Lipinski definition) is 3. The number of hydrogen-bond donors (Lipinski definition) is 1. The zero-order chi connectivity index (χ0) is 14.9. The van der Waals surface area contributed by atoms with Crippen molar-refractivity contribution in [1.29, 1.82) is 0 Å². The summed E-state index contributed by atoms with van der Waals surface area (Å²) < 4.78 is 2.46. The van der Waals surface area contributed by atoms with Crippen LogP contribution in [-0.2, 0) is 13.1 Å². The van der Waals surface area contributed by atoms with E-state index in [0.717, 1.165) is 4.57 Å². The van der Waals surface area contributed by atoms with Gasteiger partial charge in [0.15, 0.2) is 0 Å². The minimum Gasteiger partial charge on any atom is -0.393 e. The van der Waals surface area contributed by atoms with Gasteiger partial charge in [-0.3, -0.25) is 13.9 Å². The summed E-state index contributed by atoms with van der Waals surface area (Å²) in [6.45, 7) is 2.33. The Bertz CT molecular complexity index is 765. The monoisotopic (exact) mass is 313 g/mol. The van der Waals surface area contributed by atoms with E-state index in [2.05, 4.69) is 0 Å². The first-order chi connectivity index (χ1) is 9.43. The molecule has 106 valence electrons. The molecule has 0 amide bonds. The number of aryl methyl sites for hydroxylation is 1. The zero-order valence-electron chi connectivity index (χ0n) is 10.8. The zero-order valence-corrected chi connectivity index (χ0v) is 12.3. The molecule has 0 aliphatic carbocycles. The molecule has 0 spiro atoms. The molecule has 0 radical (unpaired) electrons. The molecule has 1 heterocycles. The fourth-order valence-electron chi connectivity index (χ4n) is 1.86. The Morgan fingerprint density at radius 2 is 1.90 bits per heavy atom. The summed E-state index contributed by atoms with van der Waals surface area (Å²) in [6, 6.07) is 4.95. The van der Waals surface area contributed by atoms with Gasteiger partial charge in [-0.25, -0.2) is 4.79 Å². The summed E-state index contributed by atoms with van der Waals surface area (Å²) in [5.74, 6) is 0. The van der Waals surface area contributed by atoms with Crippen LogP contribution in [0.4, 0.5) is 5.69 Å². The SMILES string of the molecule is CCn1cc(N)c(=O)n(Cc2ccc(Cl)c(Cl)c2)c1=O. The molecule has 0 aliphatic rings. The van der Waals surface area contributed by atoms with E-state index in [1.165, 1.54) is 10.8 Å². The molecule has 0 aliphatic heterocycles. The van der Waals surface area contributed by atoms with Gasteiger partial charge in [-0.15, -0.1) is 0 Å². The molecule has 0 unspecified atom stereocenters. The molecule has 0 bridgehead atoms. The highest BCUT2D eigenvalue weighted by molar-refractivity contribution is 6.42. The highest BCUT2D eigenvalue weighted by atomic mass is 35.5. The van der Waals surface area contributed by atoms with Gasteiger partial charge < -0.3 is 5.73 Å². The van der Waals surface area contributed by atoms with Crippen molar-refractivity contribution in [2.45, 2.75) is 20.0 Å². The van der Waals surface area contributed by atoms with Crippen LogP contribution in [0.3, 0.4) is 0 Å². The average Bonchev–Trinajstić information content (AvgIpc) is 2.42. The third-order valence-corrected chi connectivity index (χ3v) is 3.67. The van der Waals surface area contributed by atoms with Crippen LogP contribution >= 0.6 is 23.2 Å². The Labute approximate surface area is 125 Å². The van der Waals surface area contributed by atoms with E-state index in [9.17, 15) is 9.59 Å². The number of aromatic nitrogens is 2. The minimum atomic E-state index is -0.509. The molecule has 2 N–H and O–H groups in total. The van der Waals surface area contributed by atoms with Crippen molar-refractivity contribution < 1.29 is 0 Å². The maximum atomic E-state index is 12.1. The quantitative estimate of drug-likeness (QED) is 0.941. The van der Waals surface area contributed by atoms with Crippen LogP contribution in [0.1, 0.15) is 12.5 Å². The third kappa shape index (κ3) is 2.73. The molecule has 1 aromatic heterocycles. The van der Waals surface area contributed by atoms with E-state index in [1.54, 1.807) is 25.1 Å². The average molecular weight is 314 g/mol. The molecular formula is C13H13Cl2N3O2. The van der Waals surface area contributed by atoms with E-state index < -0.39 is 11.2 Å². The lowest BCUT2D eigenvalue weighted by atomic mass is 10.2. The Morgan fingerprint density at radius 3 is 2.50 bits per heavy atom. The van der Waals surface area contributed by atoms with Gasteiger partial charge in [0.1, 0.15) is 5.69 Å². The molecule has 0 saturated heterocycles. The summed E-state index contributed by atoms with van der Waals surface area (Å²) in [4.78, 5) is 24.1. The van der Waals surface area contributed by atoms with E-state index in [4.69, 9.17) is 28.9 Å². The van der Waals surface area contributed by atoms with Crippen molar-refractivity contribution in [1.82, 2.24) is 9.13 Å². The fourth-order valence-corrected chi connectivity index (χ4v) is 2.18. The van der Waals surface area contributed by atoms with Crippen molar-refractivity contribution in [3.63, 3.8) is 0 Å². The predicted molar refractivity (Wildman–Crippen MR) is 80.6 cm³/mol. The van der Waals surface area contributed by atoms with Crippen molar-refractivity contribution in [2.75, 3.05) is 5.73 Å². The van der Waals surface area contributed by atoms with Gasteiger partial charge >= 0.3 is 5.69 Å². The van der Waals surface area contributed by atoms with Gasteiger partial charge in [-0.1, -0.05) is 29.3 Å². The van der Waals surface area contributed by atoms with Crippen LogP contribution in [0.15, 0.2) is 34.0 Å².